The van der Waals surface area contributed by atoms with Crippen molar-refractivity contribution < 1.29 is 14.7 Å². The summed E-state index contributed by atoms with van der Waals surface area (Å²) in [5.41, 5.74) is 0.408. The number of aromatic nitrogens is 1. The highest BCUT2D eigenvalue weighted by Gasteiger charge is 2.36. The minimum atomic E-state index is -1.48. The number of hydrogen-bond donors (Lipinski definition) is 1. The van der Waals surface area contributed by atoms with Crippen LogP contribution in [0.3, 0.4) is 0 Å². The third-order valence-electron chi connectivity index (χ3n) is 4.37. The van der Waals surface area contributed by atoms with E-state index < -0.39 is 5.60 Å². The number of ketones is 1. The Labute approximate surface area is 164 Å². The Hall–Kier alpha value is -3.49. The molecular formula is C23H20N2O3. The lowest BCUT2D eigenvalue weighted by Crippen LogP contribution is -2.27. The van der Waals surface area contributed by atoms with Crippen LogP contribution in [-0.2, 0) is 4.79 Å². The first-order valence-corrected chi connectivity index (χ1v) is 8.79. The number of nitrogens with zero attached hydrogens (tertiary/aromatic N) is 2. The monoisotopic (exact) mass is 372 g/mol. The molecule has 2 aromatic rings. The first-order chi connectivity index (χ1) is 13.4. The van der Waals surface area contributed by atoms with Crippen molar-refractivity contribution in [2.75, 3.05) is 14.1 Å². The molecule has 1 unspecified atom stereocenters. The van der Waals surface area contributed by atoms with Crippen molar-refractivity contribution in [2.24, 2.45) is 0 Å². The summed E-state index contributed by atoms with van der Waals surface area (Å²) in [5.74, 6) is 5.47. The lowest BCUT2D eigenvalue weighted by molar-refractivity contribution is -0.111. The van der Waals surface area contributed by atoms with E-state index in [9.17, 15) is 14.7 Å². The maximum Gasteiger partial charge on any atom is 0.254 e. The summed E-state index contributed by atoms with van der Waals surface area (Å²) in [6.45, 7) is 0. The largest absolute Gasteiger partial charge is 0.380 e. The van der Waals surface area contributed by atoms with Crippen LogP contribution < -0.4 is 0 Å². The topological polar surface area (TPSA) is 70.5 Å². The molecule has 0 saturated heterocycles. The number of allylic oxidation sites excluding steroid dienone is 1. The van der Waals surface area contributed by atoms with Gasteiger partial charge in [0.05, 0.1) is 11.3 Å². The lowest BCUT2D eigenvalue weighted by atomic mass is 9.92. The number of rotatable bonds is 3. The normalized spacial score (nSPS) is 19.4. The lowest BCUT2D eigenvalue weighted by Gasteiger charge is -2.19. The predicted molar refractivity (Wildman–Crippen MR) is 107 cm³/mol. The summed E-state index contributed by atoms with van der Waals surface area (Å²) >= 11 is 0. The minimum absolute atomic E-state index is 0.0262. The molecular weight excluding hydrogens is 352 g/mol. The van der Waals surface area contributed by atoms with Crippen molar-refractivity contribution in [3.8, 4) is 11.8 Å². The Morgan fingerprint density at radius 1 is 1.21 bits per heavy atom. The first-order valence-electron chi connectivity index (χ1n) is 8.79. The van der Waals surface area contributed by atoms with Crippen LogP contribution in [0.5, 0.6) is 0 Å². The fourth-order valence-corrected chi connectivity index (χ4v) is 2.86. The number of amides is 1. The van der Waals surface area contributed by atoms with E-state index in [4.69, 9.17) is 0 Å². The Morgan fingerprint density at radius 3 is 2.68 bits per heavy atom. The molecule has 1 aromatic carbocycles. The van der Waals surface area contributed by atoms with Crippen molar-refractivity contribution in [1.29, 1.82) is 0 Å². The third-order valence-corrected chi connectivity index (χ3v) is 4.37. The molecule has 1 N–H and O–H groups in total. The van der Waals surface area contributed by atoms with Crippen LogP contribution in [0.15, 0.2) is 66.4 Å². The second-order valence-corrected chi connectivity index (χ2v) is 6.66. The van der Waals surface area contributed by atoms with Crippen LogP contribution in [-0.4, -0.2) is 46.4 Å². The maximum atomic E-state index is 12.3. The molecule has 140 valence electrons. The van der Waals surface area contributed by atoms with E-state index in [1.165, 1.54) is 17.1 Å². The van der Waals surface area contributed by atoms with E-state index in [2.05, 4.69) is 16.8 Å². The fraction of sp³-hybridized carbons (Fsp3) is 0.174. The number of carbonyl (C=O) groups is 2. The molecule has 28 heavy (non-hydrogen) atoms. The van der Waals surface area contributed by atoms with Gasteiger partial charge in [-0.15, -0.1) is 0 Å². The average molecular weight is 372 g/mol. The summed E-state index contributed by atoms with van der Waals surface area (Å²) < 4.78 is 0. The van der Waals surface area contributed by atoms with E-state index in [0.29, 0.717) is 16.8 Å². The fourth-order valence-electron chi connectivity index (χ4n) is 2.86. The third kappa shape index (κ3) is 4.08. The standard InChI is InChI=1S/C23H20N2O3/c1-25(2)22(27)19-11-4-3-8-17(19)9-7-13-23(28)14-12-21(26)20(23)16-18-10-5-6-15-24-18/h3-6,8,10-12,14-16,28H,13H2,1-2H3/b20-16-. The molecule has 0 saturated carbocycles. The van der Waals surface area contributed by atoms with Gasteiger partial charge in [0.15, 0.2) is 5.78 Å². The highest BCUT2D eigenvalue weighted by atomic mass is 16.3. The number of benzene rings is 1. The van der Waals surface area contributed by atoms with Gasteiger partial charge in [-0.25, -0.2) is 0 Å². The molecule has 0 bridgehead atoms. The van der Waals surface area contributed by atoms with E-state index in [-0.39, 0.29) is 23.7 Å². The van der Waals surface area contributed by atoms with Crippen molar-refractivity contribution in [3.63, 3.8) is 0 Å². The molecule has 1 amide bonds. The number of pyridine rings is 1. The maximum absolute atomic E-state index is 12.3. The van der Waals surface area contributed by atoms with Crippen LogP contribution in [0.25, 0.3) is 6.08 Å². The molecule has 1 heterocycles. The molecule has 0 spiro atoms. The number of hydrogen-bond acceptors (Lipinski definition) is 4. The molecule has 5 heteroatoms. The molecule has 0 radical (unpaired) electrons. The summed E-state index contributed by atoms with van der Waals surface area (Å²) in [7, 11) is 3.36. The van der Waals surface area contributed by atoms with Gasteiger partial charge in [0.1, 0.15) is 5.60 Å². The van der Waals surface area contributed by atoms with Gasteiger partial charge in [0.2, 0.25) is 0 Å². The summed E-state index contributed by atoms with van der Waals surface area (Å²) in [6.07, 6.45) is 6.03. The van der Waals surface area contributed by atoms with Crippen LogP contribution in [0.2, 0.25) is 0 Å². The first kappa shape index (κ1) is 19.3. The quantitative estimate of drug-likeness (QED) is 0.664. The predicted octanol–water partition coefficient (Wildman–Crippen LogP) is 2.48. The summed E-state index contributed by atoms with van der Waals surface area (Å²) in [5, 5.41) is 10.9. The van der Waals surface area contributed by atoms with Crippen LogP contribution in [0.1, 0.15) is 28.0 Å². The molecule has 3 rings (SSSR count). The SMILES string of the molecule is CN(C)C(=O)c1ccccc1C#CCC1(O)C=CC(=O)/C1=C/c1ccccn1. The Kier molecular flexibility index (Phi) is 5.53. The number of aliphatic hydroxyl groups is 1. The summed E-state index contributed by atoms with van der Waals surface area (Å²) in [6, 6.07) is 12.4. The summed E-state index contributed by atoms with van der Waals surface area (Å²) in [4.78, 5) is 30.1. The minimum Gasteiger partial charge on any atom is -0.380 e. The zero-order valence-electron chi connectivity index (χ0n) is 15.7. The van der Waals surface area contributed by atoms with E-state index in [0.717, 1.165) is 0 Å². The highest BCUT2D eigenvalue weighted by molar-refractivity contribution is 6.12. The zero-order valence-corrected chi connectivity index (χ0v) is 15.7. The smallest absolute Gasteiger partial charge is 0.254 e. The van der Waals surface area contributed by atoms with Crippen molar-refractivity contribution in [3.05, 3.63) is 83.2 Å². The highest BCUT2D eigenvalue weighted by Crippen LogP contribution is 2.31. The van der Waals surface area contributed by atoms with Crippen molar-refractivity contribution in [1.82, 2.24) is 9.88 Å². The molecule has 1 aliphatic carbocycles. The zero-order chi connectivity index (χ0) is 20.1. The molecule has 0 aliphatic heterocycles. The van der Waals surface area contributed by atoms with Gasteiger partial charge in [0.25, 0.3) is 5.91 Å². The van der Waals surface area contributed by atoms with Crippen LogP contribution >= 0.6 is 0 Å². The Morgan fingerprint density at radius 2 is 1.96 bits per heavy atom. The van der Waals surface area contributed by atoms with E-state index >= 15 is 0 Å². The van der Waals surface area contributed by atoms with E-state index in [1.807, 2.05) is 6.07 Å². The molecule has 0 fully saturated rings. The second kappa shape index (κ2) is 8.03. The molecule has 1 aliphatic rings. The molecule has 1 aromatic heterocycles. The van der Waals surface area contributed by atoms with Gasteiger partial charge in [-0.3, -0.25) is 14.6 Å². The second-order valence-electron chi connectivity index (χ2n) is 6.66. The van der Waals surface area contributed by atoms with Gasteiger partial charge in [-0.2, -0.15) is 0 Å². The Balaban J connectivity index is 1.87. The van der Waals surface area contributed by atoms with E-state index in [1.54, 1.807) is 62.8 Å². The van der Waals surface area contributed by atoms with Gasteiger partial charge < -0.3 is 10.0 Å². The van der Waals surface area contributed by atoms with Gasteiger partial charge in [-0.05, 0) is 42.5 Å². The van der Waals surface area contributed by atoms with Gasteiger partial charge in [0, 0.05) is 37.8 Å². The number of carbonyl (C=O) groups excluding carboxylic acids is 2. The van der Waals surface area contributed by atoms with Crippen LogP contribution in [0, 0.1) is 11.8 Å². The molecule has 5 nitrogen and oxygen atoms in total. The Bertz CT molecular complexity index is 1030. The molecule has 1 atom stereocenters. The van der Waals surface area contributed by atoms with Crippen molar-refractivity contribution in [2.45, 2.75) is 12.0 Å². The van der Waals surface area contributed by atoms with Gasteiger partial charge in [-0.1, -0.05) is 30.0 Å². The van der Waals surface area contributed by atoms with Crippen molar-refractivity contribution >= 4 is 17.8 Å². The van der Waals surface area contributed by atoms with Gasteiger partial charge >= 0.3 is 0 Å². The average Bonchev–Trinajstić information content (AvgIpc) is 2.97. The van der Waals surface area contributed by atoms with Crippen LogP contribution in [0.4, 0.5) is 0 Å².